The molecule has 1 fully saturated rings. The molecule has 1 saturated carbocycles. The first-order chi connectivity index (χ1) is 8.38. The zero-order valence-corrected chi connectivity index (χ0v) is 14.5. The fourth-order valence-electron chi connectivity index (χ4n) is 2.40. The van der Waals surface area contributed by atoms with Gasteiger partial charge >= 0.3 is 0 Å². The van der Waals surface area contributed by atoms with E-state index in [9.17, 15) is 8.42 Å². The molecule has 1 aromatic carbocycles. The predicted octanol–water partition coefficient (Wildman–Crippen LogP) is 3.43. The van der Waals surface area contributed by atoms with Crippen molar-refractivity contribution < 1.29 is 8.42 Å². The number of benzene rings is 1. The molecule has 0 bridgehead atoms. The normalized spacial score (nSPS) is 24.2. The topological polar surface area (TPSA) is 46.2 Å². The summed E-state index contributed by atoms with van der Waals surface area (Å²) in [5, 5.41) is 3.11. The smallest absolute Gasteiger partial charge is 0.152 e. The summed E-state index contributed by atoms with van der Waals surface area (Å²) < 4.78 is 25.6. The van der Waals surface area contributed by atoms with Crippen molar-refractivity contribution in [3.05, 3.63) is 26.2 Å². The first kappa shape index (κ1) is 14.6. The highest BCUT2D eigenvalue weighted by Crippen LogP contribution is 2.29. The predicted molar refractivity (Wildman–Crippen MR) is 86.8 cm³/mol. The number of anilines is 1. The second kappa shape index (κ2) is 5.66. The molecule has 18 heavy (non-hydrogen) atoms. The molecule has 2 atom stereocenters. The quantitative estimate of drug-likeness (QED) is 0.728. The Kier molecular flexibility index (Phi) is 4.59. The number of sulfone groups is 1. The molecule has 6 heteroatoms. The lowest BCUT2D eigenvalue weighted by atomic mass is 10.2. The van der Waals surface area contributed by atoms with Crippen LogP contribution in [0.15, 0.2) is 22.7 Å². The number of hydrogen-bond donors (Lipinski definition) is 1. The van der Waals surface area contributed by atoms with Crippen LogP contribution in [0.5, 0.6) is 0 Å². The summed E-state index contributed by atoms with van der Waals surface area (Å²) in [7, 11) is -2.96. The van der Waals surface area contributed by atoms with Crippen molar-refractivity contribution in [2.45, 2.75) is 30.6 Å². The lowest BCUT2D eigenvalue weighted by Gasteiger charge is -2.21. The van der Waals surface area contributed by atoms with Crippen LogP contribution in [0.2, 0.25) is 0 Å². The van der Waals surface area contributed by atoms with Crippen LogP contribution < -0.4 is 5.32 Å². The van der Waals surface area contributed by atoms with Crippen LogP contribution in [0.3, 0.4) is 0 Å². The van der Waals surface area contributed by atoms with E-state index in [-0.39, 0.29) is 11.3 Å². The van der Waals surface area contributed by atoms with E-state index in [1.807, 2.05) is 18.2 Å². The highest BCUT2D eigenvalue weighted by atomic mass is 127. The SMILES string of the molecule is CS(=O)(=O)C1CCCC1Nc1ccc(Br)c(I)c1. The zero-order chi connectivity index (χ0) is 13.3. The van der Waals surface area contributed by atoms with E-state index in [1.165, 1.54) is 6.26 Å². The minimum absolute atomic E-state index is 0.0389. The molecule has 1 aromatic rings. The van der Waals surface area contributed by atoms with E-state index in [4.69, 9.17) is 0 Å². The first-order valence-corrected chi connectivity index (χ1v) is 9.61. The third kappa shape index (κ3) is 3.39. The van der Waals surface area contributed by atoms with E-state index in [2.05, 4.69) is 43.8 Å². The fraction of sp³-hybridized carbons (Fsp3) is 0.500. The van der Waals surface area contributed by atoms with Gasteiger partial charge in [-0.2, -0.15) is 0 Å². The van der Waals surface area contributed by atoms with Gasteiger partial charge in [-0.1, -0.05) is 0 Å². The molecular formula is C12H15BrINO2S. The third-order valence-corrected chi connectivity index (χ3v) is 7.26. The number of rotatable bonds is 3. The molecule has 1 N–H and O–H groups in total. The second-order valence-corrected chi connectivity index (χ2v) is 8.96. The van der Waals surface area contributed by atoms with Gasteiger partial charge in [-0.3, -0.25) is 0 Å². The largest absolute Gasteiger partial charge is 0.381 e. The highest BCUT2D eigenvalue weighted by Gasteiger charge is 2.34. The average Bonchev–Trinajstić information content (AvgIpc) is 2.71. The lowest BCUT2D eigenvalue weighted by Crippen LogP contribution is -2.34. The van der Waals surface area contributed by atoms with Crippen LogP contribution in [-0.4, -0.2) is 26.0 Å². The molecule has 2 unspecified atom stereocenters. The Labute approximate surface area is 130 Å². The summed E-state index contributed by atoms with van der Waals surface area (Å²) in [5.74, 6) is 0. The van der Waals surface area contributed by atoms with Gasteiger partial charge in [0.1, 0.15) is 0 Å². The maximum absolute atomic E-state index is 11.7. The monoisotopic (exact) mass is 443 g/mol. The van der Waals surface area contributed by atoms with Gasteiger partial charge < -0.3 is 5.32 Å². The van der Waals surface area contributed by atoms with E-state index in [0.29, 0.717) is 0 Å². The summed E-state index contributed by atoms with van der Waals surface area (Å²) in [6, 6.07) is 6.03. The molecule has 3 nitrogen and oxygen atoms in total. The van der Waals surface area contributed by atoms with Crippen molar-refractivity contribution in [3.63, 3.8) is 0 Å². The molecule has 100 valence electrons. The molecule has 0 saturated heterocycles. The van der Waals surface area contributed by atoms with Crippen molar-refractivity contribution in [2.24, 2.45) is 0 Å². The molecule has 0 spiro atoms. The van der Waals surface area contributed by atoms with Crippen LogP contribution in [0, 0.1) is 3.57 Å². The van der Waals surface area contributed by atoms with Gasteiger partial charge in [-0.15, -0.1) is 0 Å². The van der Waals surface area contributed by atoms with Crippen LogP contribution in [-0.2, 0) is 9.84 Å². The maximum Gasteiger partial charge on any atom is 0.152 e. The van der Waals surface area contributed by atoms with Crippen molar-refractivity contribution in [1.29, 1.82) is 0 Å². The van der Waals surface area contributed by atoms with Crippen molar-refractivity contribution >= 4 is 54.0 Å². The Morgan fingerprint density at radius 1 is 1.39 bits per heavy atom. The Morgan fingerprint density at radius 2 is 2.11 bits per heavy atom. The fourth-order valence-corrected chi connectivity index (χ4v) is 4.56. The molecular weight excluding hydrogens is 429 g/mol. The van der Waals surface area contributed by atoms with Gasteiger partial charge in [0.25, 0.3) is 0 Å². The van der Waals surface area contributed by atoms with Gasteiger partial charge in [-0.05, 0) is 76.0 Å². The third-order valence-electron chi connectivity index (χ3n) is 3.27. The Balaban J connectivity index is 2.16. The maximum atomic E-state index is 11.7. The molecule has 1 aliphatic carbocycles. The average molecular weight is 444 g/mol. The number of nitrogens with one attached hydrogen (secondary N) is 1. The molecule has 2 rings (SSSR count). The van der Waals surface area contributed by atoms with Gasteiger partial charge in [-0.25, -0.2) is 8.42 Å². The van der Waals surface area contributed by atoms with Gasteiger partial charge in [0, 0.05) is 26.0 Å². The first-order valence-electron chi connectivity index (χ1n) is 5.78. The van der Waals surface area contributed by atoms with E-state index >= 15 is 0 Å². The van der Waals surface area contributed by atoms with E-state index in [0.717, 1.165) is 33.0 Å². The minimum Gasteiger partial charge on any atom is -0.381 e. The summed E-state index contributed by atoms with van der Waals surface area (Å²) in [6.07, 6.45) is 4.00. The molecule has 0 heterocycles. The number of hydrogen-bond acceptors (Lipinski definition) is 3. The van der Waals surface area contributed by atoms with Crippen LogP contribution >= 0.6 is 38.5 Å². The van der Waals surface area contributed by atoms with Gasteiger partial charge in [0.05, 0.1) is 5.25 Å². The van der Waals surface area contributed by atoms with E-state index in [1.54, 1.807) is 0 Å². The van der Waals surface area contributed by atoms with Crippen molar-refractivity contribution in [3.8, 4) is 0 Å². The molecule has 0 aromatic heterocycles. The second-order valence-electron chi connectivity index (χ2n) is 4.68. The summed E-state index contributed by atoms with van der Waals surface area (Å²) in [6.45, 7) is 0. The Hall–Kier alpha value is 0.180. The van der Waals surface area contributed by atoms with Gasteiger partial charge in [0.2, 0.25) is 0 Å². The van der Waals surface area contributed by atoms with Crippen LogP contribution in [0.25, 0.3) is 0 Å². The Bertz CT molecular complexity index is 547. The zero-order valence-electron chi connectivity index (χ0n) is 9.99. The van der Waals surface area contributed by atoms with Crippen LogP contribution in [0.1, 0.15) is 19.3 Å². The molecule has 0 radical (unpaired) electrons. The summed E-state index contributed by atoms with van der Waals surface area (Å²) >= 11 is 5.71. The number of halogens is 2. The molecule has 0 amide bonds. The highest BCUT2D eigenvalue weighted by molar-refractivity contribution is 14.1. The Morgan fingerprint density at radius 3 is 2.72 bits per heavy atom. The van der Waals surface area contributed by atoms with Crippen molar-refractivity contribution in [1.82, 2.24) is 0 Å². The standard InChI is InChI=1S/C12H15BrINO2S/c1-18(16,17)12-4-2-3-11(12)15-8-5-6-9(13)10(14)7-8/h5-7,11-12,15H,2-4H2,1H3. The van der Waals surface area contributed by atoms with Crippen molar-refractivity contribution in [2.75, 3.05) is 11.6 Å². The summed E-state index contributed by atoms with van der Waals surface area (Å²) in [5.41, 5.74) is 0.989. The minimum atomic E-state index is -2.96. The van der Waals surface area contributed by atoms with Crippen LogP contribution in [0.4, 0.5) is 5.69 Å². The van der Waals surface area contributed by atoms with Gasteiger partial charge in [0.15, 0.2) is 9.84 Å². The molecule has 0 aliphatic heterocycles. The van der Waals surface area contributed by atoms with E-state index < -0.39 is 9.84 Å². The molecule has 1 aliphatic rings. The lowest BCUT2D eigenvalue weighted by molar-refractivity contribution is 0.579. The summed E-state index contributed by atoms with van der Waals surface area (Å²) in [4.78, 5) is 0.